The average molecular weight is 269 g/mol. The molecule has 0 bridgehead atoms. The highest BCUT2D eigenvalue weighted by molar-refractivity contribution is 5.67. The number of benzene rings is 1. The third-order valence-corrected chi connectivity index (χ3v) is 2.18. The molecule has 1 N–H and O–H groups in total. The van der Waals surface area contributed by atoms with Crippen molar-refractivity contribution in [3.05, 3.63) is 66.4 Å². The third-order valence-electron chi connectivity index (χ3n) is 2.18. The van der Waals surface area contributed by atoms with Gasteiger partial charge in [0, 0.05) is 6.20 Å². The van der Waals surface area contributed by atoms with Gasteiger partial charge in [-0.3, -0.25) is 4.99 Å². The quantitative estimate of drug-likeness (QED) is 0.803. The van der Waals surface area contributed by atoms with E-state index in [9.17, 15) is 0 Å². The van der Waals surface area contributed by atoms with Crippen molar-refractivity contribution in [1.82, 2.24) is 9.97 Å². The summed E-state index contributed by atoms with van der Waals surface area (Å²) < 4.78 is 0. The van der Waals surface area contributed by atoms with Crippen LogP contribution in [0.3, 0.4) is 0 Å². The summed E-state index contributed by atoms with van der Waals surface area (Å²) in [5.41, 5.74) is 3.50. The Bertz CT molecular complexity index is 488. The number of aromatic amines is 1. The molecular weight excluding hydrogens is 246 g/mol. The summed E-state index contributed by atoms with van der Waals surface area (Å²) in [7, 11) is 0. The van der Waals surface area contributed by atoms with Crippen molar-refractivity contribution in [2.75, 3.05) is 0 Å². The first kappa shape index (κ1) is 17.6. The van der Waals surface area contributed by atoms with Crippen LogP contribution in [-0.4, -0.2) is 16.7 Å². The number of rotatable bonds is 3. The van der Waals surface area contributed by atoms with Crippen LogP contribution in [0.1, 0.15) is 30.7 Å². The van der Waals surface area contributed by atoms with Gasteiger partial charge < -0.3 is 4.98 Å². The first-order chi connectivity index (χ1) is 9.76. The largest absolute Gasteiger partial charge is 0.345 e. The highest BCUT2D eigenvalue weighted by atomic mass is 14.8. The van der Waals surface area contributed by atoms with Gasteiger partial charge >= 0.3 is 0 Å². The van der Waals surface area contributed by atoms with Crippen LogP contribution in [0.5, 0.6) is 0 Å². The fraction of sp³-hybridized carbons (Fsp3) is 0.176. The van der Waals surface area contributed by atoms with Crippen LogP contribution in [0.15, 0.2) is 54.6 Å². The van der Waals surface area contributed by atoms with Crippen LogP contribution in [0.2, 0.25) is 0 Å². The van der Waals surface area contributed by atoms with Crippen molar-refractivity contribution >= 4 is 18.9 Å². The van der Waals surface area contributed by atoms with Gasteiger partial charge in [0.15, 0.2) is 0 Å². The average Bonchev–Trinajstić information content (AvgIpc) is 3.02. The number of aliphatic imine (C=N–C) groups is 1. The lowest BCUT2D eigenvalue weighted by Gasteiger charge is -1.93. The minimum Gasteiger partial charge on any atom is -0.345 e. The molecule has 0 aliphatic rings. The molecule has 0 saturated carbocycles. The summed E-state index contributed by atoms with van der Waals surface area (Å²) in [5, 5.41) is 0. The van der Waals surface area contributed by atoms with Gasteiger partial charge in [-0.05, 0) is 25.3 Å². The van der Waals surface area contributed by atoms with Gasteiger partial charge in [0.2, 0.25) is 0 Å². The number of H-pyrrole nitrogens is 1. The molecule has 0 atom stereocenters. The topological polar surface area (TPSA) is 41.0 Å². The summed E-state index contributed by atoms with van der Waals surface area (Å²) in [6.45, 7) is 12.4. The van der Waals surface area contributed by atoms with E-state index < -0.39 is 0 Å². The van der Waals surface area contributed by atoms with Crippen LogP contribution in [0.4, 0.5) is 0 Å². The van der Waals surface area contributed by atoms with Gasteiger partial charge in [0.05, 0.1) is 18.2 Å². The predicted octanol–water partition coefficient (Wildman–Crippen LogP) is 4.75. The lowest BCUT2D eigenvalue weighted by atomic mass is 10.1. The summed E-state index contributed by atoms with van der Waals surface area (Å²) in [4.78, 5) is 10.2. The van der Waals surface area contributed by atoms with Gasteiger partial charge in [-0.2, -0.15) is 0 Å². The maximum absolute atomic E-state index is 3.94. The Morgan fingerprint density at radius 1 is 1.15 bits per heavy atom. The van der Waals surface area contributed by atoms with E-state index in [0.29, 0.717) is 0 Å². The number of aromatic nitrogens is 2. The second kappa shape index (κ2) is 11.7. The van der Waals surface area contributed by atoms with Gasteiger partial charge in [0.1, 0.15) is 0 Å². The van der Waals surface area contributed by atoms with Crippen molar-refractivity contribution in [2.24, 2.45) is 4.99 Å². The van der Waals surface area contributed by atoms with E-state index in [2.05, 4.69) is 65.5 Å². The Morgan fingerprint density at radius 3 is 2.20 bits per heavy atom. The number of aryl methyl sites for hydroxylation is 1. The van der Waals surface area contributed by atoms with E-state index in [0.717, 1.165) is 5.69 Å². The van der Waals surface area contributed by atoms with Crippen molar-refractivity contribution < 1.29 is 0 Å². The van der Waals surface area contributed by atoms with Gasteiger partial charge in [-0.25, -0.2) is 4.98 Å². The molecule has 0 aliphatic heterocycles. The van der Waals surface area contributed by atoms with Gasteiger partial charge in [0.25, 0.3) is 0 Å². The normalized spacial score (nSPS) is 8.95. The molecule has 0 spiro atoms. The molecule has 1 heterocycles. The third kappa shape index (κ3) is 7.82. The minimum absolute atomic E-state index is 1.02. The number of imidazole rings is 1. The molecule has 0 aliphatic carbocycles. The molecule has 1 aromatic carbocycles. The predicted molar refractivity (Wildman–Crippen MR) is 89.8 cm³/mol. The first-order valence-electron chi connectivity index (χ1n) is 6.56. The van der Waals surface area contributed by atoms with Crippen LogP contribution in [0.25, 0.3) is 12.2 Å². The lowest BCUT2D eigenvalue weighted by molar-refractivity contribution is 1.31. The Morgan fingerprint density at radius 2 is 1.75 bits per heavy atom. The van der Waals surface area contributed by atoms with E-state index in [4.69, 9.17) is 0 Å². The van der Waals surface area contributed by atoms with Crippen LogP contribution in [0, 0.1) is 6.92 Å². The second-order valence-electron chi connectivity index (χ2n) is 3.62. The van der Waals surface area contributed by atoms with E-state index in [1.165, 1.54) is 17.3 Å². The molecule has 0 amide bonds. The molecule has 0 saturated heterocycles. The minimum atomic E-state index is 1.02. The highest BCUT2D eigenvalue weighted by Crippen LogP contribution is 2.07. The monoisotopic (exact) mass is 269 g/mol. The molecule has 20 heavy (non-hydrogen) atoms. The summed E-state index contributed by atoms with van der Waals surface area (Å²) >= 11 is 0. The summed E-state index contributed by atoms with van der Waals surface area (Å²) in [5.74, 6) is 0. The number of nitrogens with one attached hydrogen (secondary N) is 1. The lowest BCUT2D eigenvalue weighted by Crippen LogP contribution is -1.73. The van der Waals surface area contributed by atoms with Crippen LogP contribution in [-0.2, 0) is 0 Å². The second-order valence-corrected chi connectivity index (χ2v) is 3.62. The van der Waals surface area contributed by atoms with E-state index in [1.54, 1.807) is 12.5 Å². The maximum atomic E-state index is 3.94. The van der Waals surface area contributed by atoms with Crippen LogP contribution < -0.4 is 0 Å². The highest BCUT2D eigenvalue weighted by Gasteiger charge is 1.88. The van der Waals surface area contributed by atoms with Crippen LogP contribution >= 0.6 is 0 Å². The number of hydrogen-bond acceptors (Lipinski definition) is 2. The Balaban J connectivity index is 0.000000521. The van der Waals surface area contributed by atoms with E-state index in [1.807, 2.05) is 19.9 Å². The standard InChI is InChI=1S/C12H12N2.C3H5N.C2H6/c1-10-2-4-11(5-3-10)6-7-12-8-13-9-14-12;1-3-4-2;1-2/h2-9H,1H3,(H,13,14);3H,1-2H2;1-2H3/b7-6+;;. The summed E-state index contributed by atoms with van der Waals surface area (Å²) in [6, 6.07) is 8.41. The van der Waals surface area contributed by atoms with Crippen molar-refractivity contribution in [1.29, 1.82) is 0 Å². The van der Waals surface area contributed by atoms with Gasteiger partial charge in [-0.15, -0.1) is 0 Å². The van der Waals surface area contributed by atoms with Gasteiger partial charge in [-0.1, -0.05) is 56.3 Å². The van der Waals surface area contributed by atoms with Crippen molar-refractivity contribution in [2.45, 2.75) is 20.8 Å². The van der Waals surface area contributed by atoms with E-state index in [-0.39, 0.29) is 0 Å². The zero-order valence-electron chi connectivity index (χ0n) is 12.5. The smallest absolute Gasteiger partial charge is 0.0924 e. The molecule has 3 heteroatoms. The fourth-order valence-electron chi connectivity index (χ4n) is 1.22. The molecular formula is C17H23N3. The molecule has 0 fully saturated rings. The molecule has 3 nitrogen and oxygen atoms in total. The van der Waals surface area contributed by atoms with Crippen molar-refractivity contribution in [3.8, 4) is 0 Å². The van der Waals surface area contributed by atoms with Crippen molar-refractivity contribution in [3.63, 3.8) is 0 Å². The molecule has 106 valence electrons. The Hall–Kier alpha value is -2.42. The molecule has 1 aromatic heterocycles. The summed E-state index contributed by atoms with van der Waals surface area (Å²) in [6.07, 6.45) is 8.93. The molecule has 2 rings (SSSR count). The fourth-order valence-corrected chi connectivity index (χ4v) is 1.22. The Labute approximate surface area is 121 Å². The molecule has 2 aromatic rings. The number of nitrogens with zero attached hydrogens (tertiary/aromatic N) is 2. The first-order valence-corrected chi connectivity index (χ1v) is 6.56. The molecule has 0 unspecified atom stereocenters. The van der Waals surface area contributed by atoms with E-state index >= 15 is 0 Å². The zero-order chi connectivity index (χ0) is 15.2. The maximum Gasteiger partial charge on any atom is 0.0924 e. The SMILES string of the molecule is C=CN=C.CC.Cc1ccc(/C=C/c2cnc[nH]2)cc1. The number of hydrogen-bond donors (Lipinski definition) is 1. The Kier molecular flexibility index (Phi) is 10.2. The molecule has 0 radical (unpaired) electrons. The zero-order valence-corrected chi connectivity index (χ0v) is 12.5.